The Balaban J connectivity index is 1.31. The third-order valence-corrected chi connectivity index (χ3v) is 6.51. The van der Waals surface area contributed by atoms with Crippen LogP contribution in [0.4, 0.5) is 11.1 Å². The SMILES string of the molecule is O=C(Nc1nnc(SCc2ccccc2)s1)C1CCCN(c2ncccn2)C1. The highest BCUT2D eigenvalue weighted by Gasteiger charge is 2.27. The molecule has 1 amide bonds. The highest BCUT2D eigenvalue weighted by atomic mass is 32.2. The Morgan fingerprint density at radius 1 is 1.18 bits per heavy atom. The fourth-order valence-electron chi connectivity index (χ4n) is 3.07. The summed E-state index contributed by atoms with van der Waals surface area (Å²) in [7, 11) is 0. The van der Waals surface area contributed by atoms with Gasteiger partial charge < -0.3 is 10.2 Å². The van der Waals surface area contributed by atoms with Crippen molar-refractivity contribution in [3.8, 4) is 0 Å². The molecular weight excluding hydrogens is 392 g/mol. The van der Waals surface area contributed by atoms with Crippen LogP contribution in [0.1, 0.15) is 18.4 Å². The summed E-state index contributed by atoms with van der Waals surface area (Å²) in [5.74, 6) is 1.38. The van der Waals surface area contributed by atoms with Gasteiger partial charge in [0.2, 0.25) is 17.0 Å². The fraction of sp³-hybridized carbons (Fsp3) is 0.316. The summed E-state index contributed by atoms with van der Waals surface area (Å²) < 4.78 is 0.849. The van der Waals surface area contributed by atoms with E-state index in [0.717, 1.165) is 29.5 Å². The molecule has 1 aliphatic heterocycles. The molecule has 9 heteroatoms. The van der Waals surface area contributed by atoms with Crippen LogP contribution in [0.5, 0.6) is 0 Å². The molecule has 28 heavy (non-hydrogen) atoms. The van der Waals surface area contributed by atoms with E-state index in [2.05, 4.69) is 42.5 Å². The first-order valence-electron chi connectivity index (χ1n) is 9.11. The number of thioether (sulfide) groups is 1. The number of benzene rings is 1. The minimum atomic E-state index is -0.109. The molecule has 144 valence electrons. The second-order valence-electron chi connectivity index (χ2n) is 6.47. The molecule has 0 radical (unpaired) electrons. The zero-order valence-electron chi connectivity index (χ0n) is 15.2. The van der Waals surface area contributed by atoms with Gasteiger partial charge in [0.25, 0.3) is 0 Å². The number of amides is 1. The van der Waals surface area contributed by atoms with Gasteiger partial charge in [-0.25, -0.2) is 9.97 Å². The summed E-state index contributed by atoms with van der Waals surface area (Å²) in [6.07, 6.45) is 5.23. The number of anilines is 2. The summed E-state index contributed by atoms with van der Waals surface area (Å²) in [5, 5.41) is 11.8. The predicted octanol–water partition coefficient (Wildman–Crippen LogP) is 3.48. The molecule has 1 aromatic carbocycles. The summed E-state index contributed by atoms with van der Waals surface area (Å²) in [5.41, 5.74) is 1.23. The standard InChI is InChI=1S/C19H20N6OS2/c26-16(15-8-4-11-25(12-15)17-20-9-5-10-21-17)22-18-23-24-19(28-18)27-13-14-6-2-1-3-7-14/h1-3,5-7,9-10,15H,4,8,11-13H2,(H,22,23,26). The smallest absolute Gasteiger partial charge is 0.231 e. The van der Waals surface area contributed by atoms with Crippen molar-refractivity contribution in [1.82, 2.24) is 20.2 Å². The first-order chi connectivity index (χ1) is 13.8. The lowest BCUT2D eigenvalue weighted by Gasteiger charge is -2.31. The van der Waals surface area contributed by atoms with Gasteiger partial charge in [0.1, 0.15) is 0 Å². The van der Waals surface area contributed by atoms with E-state index in [4.69, 9.17) is 0 Å². The van der Waals surface area contributed by atoms with E-state index in [1.807, 2.05) is 18.2 Å². The number of rotatable bonds is 6. The van der Waals surface area contributed by atoms with Crippen LogP contribution in [0.25, 0.3) is 0 Å². The minimum absolute atomic E-state index is 0.0172. The van der Waals surface area contributed by atoms with Crippen molar-refractivity contribution in [2.24, 2.45) is 5.92 Å². The van der Waals surface area contributed by atoms with E-state index in [9.17, 15) is 4.79 Å². The molecule has 0 aliphatic carbocycles. The van der Waals surface area contributed by atoms with Gasteiger partial charge in [0, 0.05) is 31.2 Å². The van der Waals surface area contributed by atoms with Crippen LogP contribution in [0, 0.1) is 5.92 Å². The van der Waals surface area contributed by atoms with E-state index in [1.165, 1.54) is 16.9 Å². The largest absolute Gasteiger partial charge is 0.340 e. The number of nitrogens with one attached hydrogen (secondary N) is 1. The Labute approximate surface area is 171 Å². The molecule has 0 saturated carbocycles. The maximum absolute atomic E-state index is 12.7. The van der Waals surface area contributed by atoms with Crippen LogP contribution in [-0.4, -0.2) is 39.2 Å². The topological polar surface area (TPSA) is 83.9 Å². The molecule has 3 heterocycles. The Kier molecular flexibility index (Phi) is 6.13. The Morgan fingerprint density at radius 3 is 2.82 bits per heavy atom. The van der Waals surface area contributed by atoms with Gasteiger partial charge in [-0.3, -0.25) is 4.79 Å². The molecule has 1 atom stereocenters. The van der Waals surface area contributed by atoms with Crippen molar-refractivity contribution in [1.29, 1.82) is 0 Å². The van der Waals surface area contributed by atoms with Crippen molar-refractivity contribution in [3.05, 3.63) is 54.4 Å². The second-order valence-corrected chi connectivity index (χ2v) is 8.67. The summed E-state index contributed by atoms with van der Waals surface area (Å²) in [6.45, 7) is 1.48. The van der Waals surface area contributed by atoms with Crippen molar-refractivity contribution >= 4 is 40.1 Å². The van der Waals surface area contributed by atoms with Gasteiger partial charge in [-0.15, -0.1) is 10.2 Å². The number of carbonyl (C=O) groups is 1. The summed E-state index contributed by atoms with van der Waals surface area (Å²) >= 11 is 3.04. The lowest BCUT2D eigenvalue weighted by molar-refractivity contribution is -0.120. The fourth-order valence-corrected chi connectivity index (χ4v) is 4.78. The van der Waals surface area contributed by atoms with Crippen LogP contribution in [-0.2, 0) is 10.5 Å². The van der Waals surface area contributed by atoms with Crippen molar-refractivity contribution in [2.75, 3.05) is 23.3 Å². The van der Waals surface area contributed by atoms with E-state index in [1.54, 1.807) is 30.2 Å². The third-order valence-electron chi connectivity index (χ3n) is 4.47. The Hall–Kier alpha value is -2.52. The van der Waals surface area contributed by atoms with Crippen LogP contribution >= 0.6 is 23.1 Å². The number of carbonyl (C=O) groups excluding carboxylic acids is 1. The summed E-state index contributed by atoms with van der Waals surface area (Å²) in [6, 6.07) is 12.0. The second kappa shape index (κ2) is 9.11. The predicted molar refractivity (Wildman–Crippen MR) is 112 cm³/mol. The van der Waals surface area contributed by atoms with Crippen LogP contribution in [0.15, 0.2) is 53.1 Å². The summed E-state index contributed by atoms with van der Waals surface area (Å²) in [4.78, 5) is 23.3. The molecule has 3 aromatic rings. The molecule has 1 saturated heterocycles. The molecule has 1 N–H and O–H groups in total. The molecule has 7 nitrogen and oxygen atoms in total. The average Bonchev–Trinajstić information content (AvgIpc) is 3.21. The molecule has 0 spiro atoms. The number of aromatic nitrogens is 4. The van der Waals surface area contributed by atoms with Gasteiger partial charge in [-0.05, 0) is 24.5 Å². The minimum Gasteiger partial charge on any atom is -0.340 e. The van der Waals surface area contributed by atoms with Gasteiger partial charge in [-0.2, -0.15) is 0 Å². The van der Waals surface area contributed by atoms with Crippen LogP contribution < -0.4 is 10.2 Å². The van der Waals surface area contributed by atoms with Crippen LogP contribution in [0.2, 0.25) is 0 Å². The number of piperidine rings is 1. The van der Waals surface area contributed by atoms with E-state index in [0.29, 0.717) is 17.6 Å². The molecule has 1 unspecified atom stereocenters. The zero-order valence-corrected chi connectivity index (χ0v) is 16.8. The van der Waals surface area contributed by atoms with Gasteiger partial charge in [0.15, 0.2) is 4.34 Å². The molecule has 1 fully saturated rings. The molecule has 0 bridgehead atoms. The maximum atomic E-state index is 12.7. The van der Waals surface area contributed by atoms with Crippen molar-refractivity contribution < 1.29 is 4.79 Å². The van der Waals surface area contributed by atoms with E-state index < -0.39 is 0 Å². The van der Waals surface area contributed by atoms with Crippen LogP contribution in [0.3, 0.4) is 0 Å². The Morgan fingerprint density at radius 2 is 2.00 bits per heavy atom. The van der Waals surface area contributed by atoms with Gasteiger partial charge in [-0.1, -0.05) is 53.4 Å². The normalized spacial score (nSPS) is 16.7. The average molecular weight is 413 g/mol. The highest BCUT2D eigenvalue weighted by Crippen LogP contribution is 2.29. The maximum Gasteiger partial charge on any atom is 0.231 e. The quantitative estimate of drug-likeness (QED) is 0.490. The van der Waals surface area contributed by atoms with Crippen molar-refractivity contribution in [3.63, 3.8) is 0 Å². The number of nitrogens with zero attached hydrogens (tertiary/aromatic N) is 5. The monoisotopic (exact) mass is 412 g/mol. The molecule has 4 rings (SSSR count). The van der Waals surface area contributed by atoms with E-state index in [-0.39, 0.29) is 11.8 Å². The lowest BCUT2D eigenvalue weighted by atomic mass is 9.97. The first kappa shape index (κ1) is 18.8. The zero-order chi connectivity index (χ0) is 19.2. The highest BCUT2D eigenvalue weighted by molar-refractivity contribution is 8.00. The Bertz CT molecular complexity index is 905. The number of hydrogen-bond donors (Lipinski definition) is 1. The van der Waals surface area contributed by atoms with Gasteiger partial charge >= 0.3 is 0 Å². The molecule has 2 aromatic heterocycles. The van der Waals surface area contributed by atoms with E-state index >= 15 is 0 Å². The lowest BCUT2D eigenvalue weighted by Crippen LogP contribution is -2.41. The van der Waals surface area contributed by atoms with Gasteiger partial charge in [0.05, 0.1) is 5.92 Å². The number of hydrogen-bond acceptors (Lipinski definition) is 8. The van der Waals surface area contributed by atoms with Crippen molar-refractivity contribution in [2.45, 2.75) is 22.9 Å². The molecule has 1 aliphatic rings. The first-order valence-corrected chi connectivity index (χ1v) is 10.9. The third kappa shape index (κ3) is 4.85. The molecular formula is C19H20N6OS2.